The lowest BCUT2D eigenvalue weighted by Gasteiger charge is -1.99. The Morgan fingerprint density at radius 1 is 1.31 bits per heavy atom. The van der Waals surface area contributed by atoms with E-state index in [1.54, 1.807) is 24.4 Å². The van der Waals surface area contributed by atoms with Crippen LogP contribution in [-0.4, -0.2) is 2.78 Å². The molecule has 2 nitrogen and oxygen atoms in total. The Hall–Kier alpha value is -0.910. The van der Waals surface area contributed by atoms with Crippen molar-refractivity contribution in [3.05, 3.63) is 46.6 Å². The fourth-order valence-electron chi connectivity index (χ4n) is 1.23. The highest BCUT2D eigenvalue weighted by Gasteiger charge is 2.05. The molecule has 13 heavy (non-hydrogen) atoms. The number of nitrogens with zero attached hydrogens (tertiary/aromatic N) is 1. The van der Waals surface area contributed by atoms with Gasteiger partial charge in [-0.2, -0.15) is 0 Å². The molecule has 2 rings (SSSR count). The zero-order valence-corrected chi connectivity index (χ0v) is 8.66. The number of fused-ring (bicyclic) bond motifs is 1. The summed E-state index contributed by atoms with van der Waals surface area (Å²) in [6.45, 7) is 0. The van der Waals surface area contributed by atoms with Crippen molar-refractivity contribution in [2.24, 2.45) is 0 Å². The van der Waals surface area contributed by atoms with Crippen LogP contribution in [0.4, 0.5) is 4.39 Å². The molecule has 0 saturated carbocycles. The second-order valence-corrected chi connectivity index (χ2v) is 3.68. The molecule has 0 aliphatic carbocycles. The Morgan fingerprint density at radius 2 is 2.08 bits per heavy atom. The second kappa shape index (κ2) is 3.10. The van der Waals surface area contributed by atoms with Crippen molar-refractivity contribution in [1.82, 2.24) is 2.78 Å². The van der Waals surface area contributed by atoms with Gasteiger partial charge in [-0.3, -0.25) is 7.58 Å². The minimum absolute atomic E-state index is 0.152. The number of aromatic nitrogens is 1. The van der Waals surface area contributed by atoms with Crippen molar-refractivity contribution in [2.45, 2.75) is 0 Å². The molecule has 0 unspecified atom stereocenters. The fourth-order valence-corrected chi connectivity index (χ4v) is 1.63. The van der Waals surface area contributed by atoms with Crippen molar-refractivity contribution >= 4 is 33.6 Å². The van der Waals surface area contributed by atoms with E-state index in [0.717, 1.165) is 0 Å². The minimum Gasteiger partial charge on any atom is -0.268 e. The molecule has 0 radical (unpaired) electrons. The Bertz CT molecular complexity index is 520. The van der Waals surface area contributed by atoms with Crippen LogP contribution in [0, 0.1) is 5.82 Å². The molecule has 0 bridgehead atoms. The smallest absolute Gasteiger partial charge is 0.268 e. The summed E-state index contributed by atoms with van der Waals surface area (Å²) in [5.74, 6) is -0.464. The predicted octanol–water partition coefficient (Wildman–Crippen LogP) is 2.34. The van der Waals surface area contributed by atoms with E-state index in [9.17, 15) is 9.18 Å². The highest BCUT2D eigenvalue weighted by atomic mass is 127. The Morgan fingerprint density at radius 3 is 2.85 bits per heavy atom. The maximum absolute atomic E-state index is 13.2. The summed E-state index contributed by atoms with van der Waals surface area (Å²) < 4.78 is 14.5. The molecule has 1 aromatic heterocycles. The zero-order valence-electron chi connectivity index (χ0n) is 6.50. The van der Waals surface area contributed by atoms with Gasteiger partial charge in [0.1, 0.15) is 5.82 Å². The van der Waals surface area contributed by atoms with Gasteiger partial charge >= 0.3 is 0 Å². The first-order chi connectivity index (χ1) is 6.20. The Kier molecular flexibility index (Phi) is 2.07. The number of hydrogen-bond acceptors (Lipinski definition) is 1. The SMILES string of the molecule is O=c1c2c(F)cccc2ccn1I. The maximum Gasteiger partial charge on any atom is 0.270 e. The van der Waals surface area contributed by atoms with Crippen LogP contribution in [0.1, 0.15) is 0 Å². The third kappa shape index (κ3) is 1.35. The number of hydrogen-bond donors (Lipinski definition) is 0. The standard InChI is InChI=1S/C9H5FINO/c10-7-3-1-2-6-4-5-12(11)9(13)8(6)7/h1-5H. The average Bonchev–Trinajstić information content (AvgIpc) is 2.12. The first-order valence-corrected chi connectivity index (χ1v) is 4.62. The van der Waals surface area contributed by atoms with Crippen LogP contribution in [0.2, 0.25) is 0 Å². The normalized spacial score (nSPS) is 10.6. The van der Waals surface area contributed by atoms with E-state index >= 15 is 0 Å². The molecular formula is C9H5FINO. The summed E-state index contributed by atoms with van der Waals surface area (Å²) in [5, 5.41) is 0.789. The lowest BCUT2D eigenvalue weighted by atomic mass is 10.2. The van der Waals surface area contributed by atoms with Crippen LogP contribution in [0.3, 0.4) is 0 Å². The van der Waals surface area contributed by atoms with E-state index in [-0.39, 0.29) is 10.9 Å². The monoisotopic (exact) mass is 289 g/mol. The van der Waals surface area contributed by atoms with Crippen LogP contribution in [0.5, 0.6) is 0 Å². The van der Waals surface area contributed by atoms with E-state index in [2.05, 4.69) is 0 Å². The van der Waals surface area contributed by atoms with Gasteiger partial charge in [0.25, 0.3) is 5.56 Å². The molecule has 1 heterocycles. The molecule has 66 valence electrons. The van der Waals surface area contributed by atoms with Gasteiger partial charge in [-0.1, -0.05) is 12.1 Å². The van der Waals surface area contributed by atoms with Crippen molar-refractivity contribution in [3.8, 4) is 0 Å². The topological polar surface area (TPSA) is 22.0 Å². The van der Waals surface area contributed by atoms with Gasteiger partial charge in [0.15, 0.2) is 0 Å². The molecule has 0 aliphatic heterocycles. The summed E-state index contributed by atoms with van der Waals surface area (Å²) in [4.78, 5) is 11.5. The largest absolute Gasteiger partial charge is 0.270 e. The average molecular weight is 289 g/mol. The molecule has 1 aromatic carbocycles. The van der Waals surface area contributed by atoms with Crippen LogP contribution in [-0.2, 0) is 0 Å². The van der Waals surface area contributed by atoms with Gasteiger partial charge in [-0.05, 0) is 17.5 Å². The van der Waals surface area contributed by atoms with Crippen molar-refractivity contribution in [1.29, 1.82) is 0 Å². The molecule has 0 spiro atoms. The van der Waals surface area contributed by atoms with Gasteiger partial charge in [0.05, 0.1) is 28.3 Å². The Labute approximate surface area is 87.5 Å². The number of benzene rings is 1. The number of rotatable bonds is 0. The van der Waals surface area contributed by atoms with Crippen molar-refractivity contribution in [2.75, 3.05) is 0 Å². The molecule has 4 heteroatoms. The second-order valence-electron chi connectivity index (χ2n) is 2.64. The fraction of sp³-hybridized carbons (Fsp3) is 0. The van der Waals surface area contributed by atoms with Gasteiger partial charge < -0.3 is 0 Å². The van der Waals surface area contributed by atoms with E-state index < -0.39 is 5.82 Å². The molecule has 0 atom stereocenters. The summed E-state index contributed by atoms with van der Waals surface area (Å²) in [6, 6.07) is 6.32. The first kappa shape index (κ1) is 8.68. The highest BCUT2D eigenvalue weighted by molar-refractivity contribution is 14.1. The lowest BCUT2D eigenvalue weighted by Crippen LogP contribution is -2.12. The zero-order chi connectivity index (χ0) is 9.42. The third-order valence-electron chi connectivity index (χ3n) is 1.84. The number of halogens is 2. The van der Waals surface area contributed by atoms with Crippen LogP contribution in [0.15, 0.2) is 35.3 Å². The van der Waals surface area contributed by atoms with Crippen molar-refractivity contribution < 1.29 is 4.39 Å². The maximum atomic E-state index is 13.2. The van der Waals surface area contributed by atoms with E-state index in [1.165, 1.54) is 8.85 Å². The molecule has 0 saturated heterocycles. The number of pyridine rings is 1. The highest BCUT2D eigenvalue weighted by Crippen LogP contribution is 2.13. The van der Waals surface area contributed by atoms with Gasteiger partial charge in [-0.15, -0.1) is 0 Å². The van der Waals surface area contributed by atoms with Gasteiger partial charge in [0, 0.05) is 6.20 Å². The molecule has 0 amide bonds. The van der Waals surface area contributed by atoms with E-state index in [4.69, 9.17) is 0 Å². The summed E-state index contributed by atoms with van der Waals surface area (Å²) in [6.07, 6.45) is 1.62. The van der Waals surface area contributed by atoms with Gasteiger partial charge in [-0.25, -0.2) is 4.39 Å². The molecule has 2 aromatic rings. The first-order valence-electron chi connectivity index (χ1n) is 3.66. The third-order valence-corrected chi connectivity index (χ3v) is 2.60. The summed E-state index contributed by atoms with van der Waals surface area (Å²) >= 11 is 1.83. The molecular weight excluding hydrogens is 284 g/mol. The van der Waals surface area contributed by atoms with Gasteiger partial charge in [0.2, 0.25) is 0 Å². The quantitative estimate of drug-likeness (QED) is 0.682. The lowest BCUT2D eigenvalue weighted by molar-refractivity contribution is 0.638. The summed E-state index contributed by atoms with van der Waals surface area (Å²) in [7, 11) is 0. The molecule has 0 N–H and O–H groups in total. The predicted molar refractivity (Wildman–Crippen MR) is 57.6 cm³/mol. The van der Waals surface area contributed by atoms with Crippen LogP contribution < -0.4 is 5.56 Å². The molecule has 0 aliphatic rings. The minimum atomic E-state index is -0.464. The van der Waals surface area contributed by atoms with E-state index in [0.29, 0.717) is 5.39 Å². The Balaban J connectivity index is 3.06. The van der Waals surface area contributed by atoms with Crippen LogP contribution >= 0.6 is 22.9 Å². The summed E-state index contributed by atoms with van der Waals surface area (Å²) in [5.41, 5.74) is -0.309. The van der Waals surface area contributed by atoms with Crippen molar-refractivity contribution in [3.63, 3.8) is 0 Å². The van der Waals surface area contributed by atoms with E-state index in [1.807, 2.05) is 22.9 Å². The van der Waals surface area contributed by atoms with Crippen LogP contribution in [0.25, 0.3) is 10.8 Å². The molecule has 0 fully saturated rings.